The van der Waals surface area contributed by atoms with Crippen molar-refractivity contribution in [2.24, 2.45) is 0 Å². The molecule has 0 fully saturated rings. The van der Waals surface area contributed by atoms with E-state index >= 15 is 0 Å². The van der Waals surface area contributed by atoms with Gasteiger partial charge >= 0.3 is 0 Å². The fourth-order valence-electron chi connectivity index (χ4n) is 0. The second-order valence-corrected chi connectivity index (χ2v) is 0. The molecule has 0 aromatic carbocycles. The summed E-state index contributed by atoms with van der Waals surface area (Å²) in [6.45, 7) is 0. The summed E-state index contributed by atoms with van der Waals surface area (Å²) in [5.74, 6) is 0. The Hall–Kier alpha value is 4.43. The van der Waals surface area contributed by atoms with Crippen LogP contribution in [0.2, 0.25) is 0 Å². The summed E-state index contributed by atoms with van der Waals surface area (Å²) in [6, 6.07) is 0. The molecule has 0 amide bonds. The van der Waals surface area contributed by atoms with Gasteiger partial charge in [0, 0.05) is 135 Å². The van der Waals surface area contributed by atoms with Crippen molar-refractivity contribution in [2.45, 2.75) is 0 Å². The molecule has 0 saturated heterocycles. The van der Waals surface area contributed by atoms with Crippen LogP contribution in [0.3, 0.4) is 0 Å². The van der Waals surface area contributed by atoms with Crippen LogP contribution in [0, 0.1) is 119 Å². The molecule has 0 saturated carbocycles. The molecule has 0 aliphatic rings. The molecule has 0 aliphatic carbocycles. The smallest absolute Gasteiger partial charge is 0 e. The van der Waals surface area contributed by atoms with Crippen LogP contribution < -0.4 is 0 Å². The summed E-state index contributed by atoms with van der Waals surface area (Å²) in [7, 11) is 0. The van der Waals surface area contributed by atoms with E-state index in [0.717, 1.165) is 0 Å². The maximum atomic E-state index is 0. The summed E-state index contributed by atoms with van der Waals surface area (Å²) >= 11 is 0. The number of hydrogen-bond acceptors (Lipinski definition) is 0. The first-order chi connectivity index (χ1) is 0. The molecule has 0 aromatic rings. The van der Waals surface area contributed by atoms with Gasteiger partial charge in [0.2, 0.25) is 0 Å². The van der Waals surface area contributed by atoms with Crippen molar-refractivity contribution < 1.29 is 135 Å². The van der Waals surface area contributed by atoms with Gasteiger partial charge in [0.25, 0.3) is 0 Å². The molecule has 0 bridgehead atoms. The van der Waals surface area contributed by atoms with E-state index in [2.05, 4.69) is 0 Å². The molecular formula is CeLaNiPr. The van der Waals surface area contributed by atoms with E-state index in [4.69, 9.17) is 0 Å². The molecule has 0 heterocycles. The van der Waals surface area contributed by atoms with Gasteiger partial charge in [-0.2, -0.15) is 0 Å². The third-order valence-electron chi connectivity index (χ3n) is 0. The van der Waals surface area contributed by atoms with Crippen molar-refractivity contribution >= 4 is 0 Å². The Morgan fingerprint density at radius 3 is 1.00 bits per heavy atom. The summed E-state index contributed by atoms with van der Waals surface area (Å²) in [6.07, 6.45) is 0. The van der Waals surface area contributed by atoms with Crippen LogP contribution in [-0.4, -0.2) is 0 Å². The van der Waals surface area contributed by atoms with Gasteiger partial charge in [-0.1, -0.05) is 0 Å². The summed E-state index contributed by atoms with van der Waals surface area (Å²) in [4.78, 5) is 0. The predicted octanol–water partition coefficient (Wildman–Crippen LogP) is -0.00250. The number of rotatable bonds is 0. The largest absolute Gasteiger partial charge is 0 e. The maximum absolute atomic E-state index is 0. The van der Waals surface area contributed by atoms with Crippen molar-refractivity contribution in [1.82, 2.24) is 0 Å². The predicted molar refractivity (Wildman–Crippen MR) is 0 cm³/mol. The Morgan fingerprint density at radius 2 is 1.00 bits per heavy atom. The van der Waals surface area contributed by atoms with Crippen LogP contribution in [-0.2, 0) is 16.5 Å². The first kappa shape index (κ1) is 23.7. The van der Waals surface area contributed by atoms with E-state index < -0.39 is 0 Å². The van der Waals surface area contributed by atoms with Crippen LogP contribution >= 0.6 is 0 Å². The molecule has 0 aliphatic heterocycles. The van der Waals surface area contributed by atoms with Gasteiger partial charge in [0.1, 0.15) is 0 Å². The fourth-order valence-corrected chi connectivity index (χ4v) is 0. The average Bonchev–Trinajstić information content (AvgIpc) is 0. The molecule has 20 valence electrons. The monoisotopic (exact) mass is 478 g/mol. The van der Waals surface area contributed by atoms with Crippen molar-refractivity contribution in [2.75, 3.05) is 0 Å². The SMILES string of the molecule is [Ce].[La].[Ni].[Pr]. The van der Waals surface area contributed by atoms with Crippen LogP contribution in [0.5, 0.6) is 0 Å². The topological polar surface area (TPSA) is 0 Å². The second kappa shape index (κ2) is 15.7. The molecule has 0 nitrogen and oxygen atoms in total. The Morgan fingerprint density at radius 1 is 1.00 bits per heavy atom. The molecule has 2 radical (unpaired) electrons. The summed E-state index contributed by atoms with van der Waals surface area (Å²) in [5.41, 5.74) is 0. The first-order valence-electron chi connectivity index (χ1n) is 0. The quantitative estimate of drug-likeness (QED) is 0.430. The maximum Gasteiger partial charge on any atom is 0 e. The molecule has 0 unspecified atom stereocenters. The van der Waals surface area contributed by atoms with E-state index in [1.807, 2.05) is 0 Å². The van der Waals surface area contributed by atoms with E-state index in [9.17, 15) is 0 Å². The summed E-state index contributed by atoms with van der Waals surface area (Å²) < 4.78 is 0. The van der Waals surface area contributed by atoms with Crippen LogP contribution in [0.1, 0.15) is 0 Å². The molecule has 0 atom stereocenters. The van der Waals surface area contributed by atoms with E-state index in [1.54, 1.807) is 0 Å². The van der Waals surface area contributed by atoms with Crippen molar-refractivity contribution in [3.63, 3.8) is 0 Å². The fraction of sp³-hybridized carbons (Fsp3) is 0. The van der Waals surface area contributed by atoms with Crippen LogP contribution in [0.25, 0.3) is 0 Å². The van der Waals surface area contributed by atoms with Crippen LogP contribution in [0.15, 0.2) is 0 Å². The van der Waals surface area contributed by atoms with Crippen molar-refractivity contribution in [3.05, 3.63) is 0 Å². The molecule has 4 heavy (non-hydrogen) atoms. The zero-order valence-electron chi connectivity index (χ0n) is 1.97. The van der Waals surface area contributed by atoms with Crippen molar-refractivity contribution in [3.8, 4) is 0 Å². The normalized spacial score (nSPS) is 0. The van der Waals surface area contributed by atoms with E-state index in [-0.39, 0.29) is 135 Å². The van der Waals surface area contributed by atoms with Crippen molar-refractivity contribution in [1.29, 1.82) is 0 Å². The standard InChI is InChI=1S/Ce.La.Ni.Pr. The Kier molecular flexibility index (Phi) is 92.8. The van der Waals surface area contributed by atoms with Gasteiger partial charge in [-0.3, -0.25) is 0 Å². The minimum absolute atomic E-state index is 0. The third-order valence-corrected chi connectivity index (χ3v) is 0. The summed E-state index contributed by atoms with van der Waals surface area (Å²) in [5, 5.41) is 0. The van der Waals surface area contributed by atoms with E-state index in [1.165, 1.54) is 0 Å². The Bertz CT molecular complexity index is 8.00. The second-order valence-electron chi connectivity index (χ2n) is 0. The van der Waals surface area contributed by atoms with Gasteiger partial charge < -0.3 is 0 Å². The molecule has 4 heteroatoms. The molecular weight excluding hydrogens is 479 g/mol. The average molecular weight is 479 g/mol. The zero-order valence-corrected chi connectivity index (χ0v) is 13.4. The molecule has 0 aromatic heterocycles. The minimum atomic E-state index is 0. The molecule has 0 N–H and O–H groups in total. The van der Waals surface area contributed by atoms with Gasteiger partial charge in [-0.15, -0.1) is 0 Å². The van der Waals surface area contributed by atoms with E-state index in [0.29, 0.717) is 0 Å². The van der Waals surface area contributed by atoms with Crippen LogP contribution in [0.4, 0.5) is 0 Å². The Balaban J connectivity index is 0. The first-order valence-corrected chi connectivity index (χ1v) is 0. The van der Waals surface area contributed by atoms with Gasteiger partial charge in [0.05, 0.1) is 0 Å². The third kappa shape index (κ3) is 9.66. The van der Waals surface area contributed by atoms with Gasteiger partial charge in [0.15, 0.2) is 0 Å². The Labute approximate surface area is 131 Å². The molecule has 0 rings (SSSR count). The number of hydrogen-bond donors (Lipinski definition) is 0. The zero-order chi connectivity index (χ0) is 0. The van der Waals surface area contributed by atoms with Gasteiger partial charge in [-0.25, -0.2) is 0 Å². The minimum Gasteiger partial charge on any atom is 0 e. The van der Waals surface area contributed by atoms with Gasteiger partial charge in [-0.05, 0) is 0 Å². The molecule has 0 spiro atoms.